The van der Waals surface area contributed by atoms with Crippen LogP contribution in [0.25, 0.3) is 0 Å². The van der Waals surface area contributed by atoms with Gasteiger partial charge in [0.15, 0.2) is 0 Å². The van der Waals surface area contributed by atoms with E-state index in [-0.39, 0.29) is 16.9 Å². The van der Waals surface area contributed by atoms with Crippen molar-refractivity contribution in [3.05, 3.63) is 96.4 Å². The Morgan fingerprint density at radius 2 is 1.67 bits per heavy atom. The maximum atomic E-state index is 13.2. The van der Waals surface area contributed by atoms with Crippen molar-refractivity contribution >= 4 is 27.5 Å². The van der Waals surface area contributed by atoms with Gasteiger partial charge >= 0.3 is 0 Å². The molecule has 1 aromatic heterocycles. The number of carbonyl (C=O) groups is 1. The van der Waals surface area contributed by atoms with Gasteiger partial charge in [0, 0.05) is 23.6 Å². The molecule has 0 aliphatic heterocycles. The number of nitrogens with one attached hydrogen (secondary N) is 1. The highest BCUT2D eigenvalue weighted by Crippen LogP contribution is 2.24. The monoisotopic (exact) mass is 466 g/mol. The molecular formula is C25H27BrN2O2. The minimum Gasteiger partial charge on any atom is -0.343 e. The van der Waals surface area contributed by atoms with Gasteiger partial charge in [0.1, 0.15) is 5.56 Å². The van der Waals surface area contributed by atoms with Crippen LogP contribution >= 0.6 is 15.9 Å². The maximum absolute atomic E-state index is 13.2. The molecule has 0 atom stereocenters. The Balaban J connectivity index is 2.07. The highest BCUT2D eigenvalue weighted by molar-refractivity contribution is 9.10. The Morgan fingerprint density at radius 1 is 1.00 bits per heavy atom. The molecule has 1 amide bonds. The van der Waals surface area contributed by atoms with Crippen molar-refractivity contribution in [3.63, 3.8) is 0 Å². The first-order chi connectivity index (χ1) is 14.2. The fourth-order valence-electron chi connectivity index (χ4n) is 3.70. The summed E-state index contributed by atoms with van der Waals surface area (Å²) >= 11 is 3.42. The number of nitrogens with zero attached hydrogens (tertiary/aromatic N) is 1. The van der Waals surface area contributed by atoms with Crippen LogP contribution in [-0.2, 0) is 13.0 Å². The largest absolute Gasteiger partial charge is 0.343 e. The zero-order valence-corrected chi connectivity index (χ0v) is 19.7. The normalized spacial score (nSPS) is 10.9. The number of rotatable bonds is 5. The van der Waals surface area contributed by atoms with Crippen molar-refractivity contribution in [2.75, 3.05) is 5.32 Å². The van der Waals surface area contributed by atoms with Crippen molar-refractivity contribution in [1.82, 2.24) is 4.57 Å². The second-order valence-corrected chi connectivity index (χ2v) is 8.47. The Labute approximate surface area is 186 Å². The summed E-state index contributed by atoms with van der Waals surface area (Å²) in [7, 11) is 0. The van der Waals surface area contributed by atoms with E-state index >= 15 is 0 Å². The standard InChI is InChI=1S/C25H27BrN2O2/c1-6-20-9-7-8-16(3)23(20)27-25(30)21-17(4)28(18(5)22(26)24(21)29)14-19-12-10-15(2)11-13-19/h7-13H,6,14H2,1-5H3,(H,27,30). The highest BCUT2D eigenvalue weighted by atomic mass is 79.9. The highest BCUT2D eigenvalue weighted by Gasteiger charge is 2.22. The molecule has 0 spiro atoms. The average molecular weight is 467 g/mol. The van der Waals surface area contributed by atoms with Gasteiger partial charge in [-0.2, -0.15) is 0 Å². The molecule has 5 heteroatoms. The number of amides is 1. The third-order valence-electron chi connectivity index (χ3n) is 5.58. The van der Waals surface area contributed by atoms with Gasteiger partial charge in [-0.25, -0.2) is 0 Å². The van der Waals surface area contributed by atoms with Crippen LogP contribution in [0.4, 0.5) is 5.69 Å². The van der Waals surface area contributed by atoms with E-state index in [1.807, 2.05) is 50.5 Å². The van der Waals surface area contributed by atoms with Gasteiger partial charge in [-0.05, 0) is 66.7 Å². The lowest BCUT2D eigenvalue weighted by molar-refractivity contribution is 0.102. The quantitative estimate of drug-likeness (QED) is 0.523. The lowest BCUT2D eigenvalue weighted by Crippen LogP contribution is -2.29. The van der Waals surface area contributed by atoms with Crippen molar-refractivity contribution in [1.29, 1.82) is 0 Å². The molecule has 3 aromatic rings. The Morgan fingerprint density at radius 3 is 2.30 bits per heavy atom. The lowest BCUT2D eigenvalue weighted by Gasteiger charge is -2.20. The molecule has 1 heterocycles. The topological polar surface area (TPSA) is 51.1 Å². The summed E-state index contributed by atoms with van der Waals surface area (Å²) in [6, 6.07) is 14.2. The first kappa shape index (κ1) is 22.0. The average Bonchev–Trinajstić information content (AvgIpc) is 2.72. The van der Waals surface area contributed by atoms with Crippen molar-refractivity contribution in [2.24, 2.45) is 0 Å². The molecule has 4 nitrogen and oxygen atoms in total. The molecule has 0 saturated heterocycles. The van der Waals surface area contributed by atoms with Gasteiger partial charge < -0.3 is 9.88 Å². The molecular weight excluding hydrogens is 440 g/mol. The predicted molar refractivity (Wildman–Crippen MR) is 127 cm³/mol. The zero-order chi connectivity index (χ0) is 22.0. The Bertz CT molecular complexity index is 1160. The van der Waals surface area contributed by atoms with E-state index in [1.165, 1.54) is 5.56 Å². The third-order valence-corrected chi connectivity index (χ3v) is 6.52. The molecule has 0 fully saturated rings. The van der Waals surface area contributed by atoms with Crippen LogP contribution in [0, 0.1) is 27.7 Å². The number of aromatic nitrogens is 1. The van der Waals surface area contributed by atoms with Crippen LogP contribution < -0.4 is 10.7 Å². The summed E-state index contributed by atoms with van der Waals surface area (Å²) in [6.45, 7) is 10.4. The van der Waals surface area contributed by atoms with Crippen molar-refractivity contribution < 1.29 is 4.79 Å². The minimum atomic E-state index is -0.375. The van der Waals surface area contributed by atoms with Crippen LogP contribution in [-0.4, -0.2) is 10.5 Å². The Hall–Kier alpha value is -2.66. The summed E-state index contributed by atoms with van der Waals surface area (Å²) in [5.41, 5.74) is 6.47. The minimum absolute atomic E-state index is 0.171. The van der Waals surface area contributed by atoms with Gasteiger partial charge in [-0.1, -0.05) is 55.0 Å². The number of pyridine rings is 1. The fourth-order valence-corrected chi connectivity index (χ4v) is 4.11. The van der Waals surface area contributed by atoms with Gasteiger partial charge in [0.05, 0.1) is 4.47 Å². The number of benzene rings is 2. The molecule has 2 aromatic carbocycles. The number of halogens is 1. The molecule has 3 rings (SSSR count). The summed E-state index contributed by atoms with van der Waals surface area (Å²) in [4.78, 5) is 26.3. The van der Waals surface area contributed by atoms with Crippen LogP contribution in [0.15, 0.2) is 51.7 Å². The van der Waals surface area contributed by atoms with E-state index in [1.54, 1.807) is 0 Å². The molecule has 1 N–H and O–H groups in total. The van der Waals surface area contributed by atoms with Crippen LogP contribution in [0.5, 0.6) is 0 Å². The van der Waals surface area contributed by atoms with Gasteiger partial charge in [-0.3, -0.25) is 9.59 Å². The molecule has 0 aliphatic rings. The van der Waals surface area contributed by atoms with E-state index in [0.29, 0.717) is 16.7 Å². The fraction of sp³-hybridized carbons (Fsp3) is 0.280. The Kier molecular flexibility index (Phi) is 6.61. The smallest absolute Gasteiger partial charge is 0.261 e. The molecule has 0 unspecified atom stereocenters. The van der Waals surface area contributed by atoms with Gasteiger partial charge in [-0.15, -0.1) is 0 Å². The first-order valence-corrected chi connectivity index (χ1v) is 10.9. The first-order valence-electron chi connectivity index (χ1n) is 10.1. The molecule has 30 heavy (non-hydrogen) atoms. The number of para-hydroxylation sites is 1. The molecule has 0 aliphatic carbocycles. The summed E-state index contributed by atoms with van der Waals surface area (Å²) in [5.74, 6) is -0.375. The number of aryl methyl sites for hydroxylation is 3. The summed E-state index contributed by atoms with van der Waals surface area (Å²) in [6.07, 6.45) is 0.797. The summed E-state index contributed by atoms with van der Waals surface area (Å²) in [5, 5.41) is 3.00. The van der Waals surface area contributed by atoms with Crippen LogP contribution in [0.1, 0.15) is 50.9 Å². The number of carbonyl (C=O) groups excluding carboxylic acids is 1. The number of hydrogen-bond donors (Lipinski definition) is 1. The number of hydrogen-bond acceptors (Lipinski definition) is 2. The van der Waals surface area contributed by atoms with Crippen molar-refractivity contribution in [2.45, 2.75) is 47.6 Å². The van der Waals surface area contributed by atoms with E-state index in [9.17, 15) is 9.59 Å². The van der Waals surface area contributed by atoms with Crippen LogP contribution in [0.2, 0.25) is 0 Å². The molecule has 0 radical (unpaired) electrons. The summed E-state index contributed by atoms with van der Waals surface area (Å²) < 4.78 is 2.44. The lowest BCUT2D eigenvalue weighted by atomic mass is 10.0. The van der Waals surface area contributed by atoms with E-state index in [0.717, 1.165) is 34.5 Å². The van der Waals surface area contributed by atoms with Crippen molar-refractivity contribution in [3.8, 4) is 0 Å². The van der Waals surface area contributed by atoms with E-state index < -0.39 is 0 Å². The predicted octanol–water partition coefficient (Wildman–Crippen LogP) is 5.71. The second kappa shape index (κ2) is 9.00. The molecule has 0 bridgehead atoms. The zero-order valence-electron chi connectivity index (χ0n) is 18.1. The maximum Gasteiger partial charge on any atom is 0.261 e. The van der Waals surface area contributed by atoms with E-state index in [2.05, 4.69) is 52.4 Å². The molecule has 0 saturated carbocycles. The van der Waals surface area contributed by atoms with Crippen LogP contribution in [0.3, 0.4) is 0 Å². The third kappa shape index (κ3) is 4.26. The van der Waals surface area contributed by atoms with Gasteiger partial charge in [0.25, 0.3) is 5.91 Å². The second-order valence-electron chi connectivity index (χ2n) is 7.68. The van der Waals surface area contributed by atoms with E-state index in [4.69, 9.17) is 0 Å². The van der Waals surface area contributed by atoms with Gasteiger partial charge in [0.2, 0.25) is 5.43 Å². The SMILES string of the molecule is CCc1cccc(C)c1NC(=O)c1c(C)n(Cc2ccc(C)cc2)c(C)c(Br)c1=O. The number of anilines is 1. The molecule has 156 valence electrons.